The van der Waals surface area contributed by atoms with Crippen LogP contribution in [0.2, 0.25) is 0 Å². The first-order valence-corrected chi connectivity index (χ1v) is 5.55. The van der Waals surface area contributed by atoms with Crippen molar-refractivity contribution in [2.45, 2.75) is 32.3 Å². The molecular formula is C13H18O2. The molecule has 1 aliphatic rings. The molecule has 0 aromatic heterocycles. The SMILES string of the molecule is CCC1c2ccc(OC)cc2C(O)C1C. The standard InChI is InChI=1S/C13H18O2/c1-4-10-8(2)13(14)12-7-9(15-3)5-6-11(10)12/h5-8,10,13-14H,4H2,1-3H3. The maximum absolute atomic E-state index is 10.1. The zero-order chi connectivity index (χ0) is 11.0. The minimum atomic E-state index is -0.333. The first-order chi connectivity index (χ1) is 7.19. The van der Waals surface area contributed by atoms with Gasteiger partial charge in [-0.25, -0.2) is 0 Å². The van der Waals surface area contributed by atoms with E-state index in [2.05, 4.69) is 19.9 Å². The van der Waals surface area contributed by atoms with Gasteiger partial charge in [0.05, 0.1) is 13.2 Å². The van der Waals surface area contributed by atoms with Crippen molar-refractivity contribution in [3.63, 3.8) is 0 Å². The summed E-state index contributed by atoms with van der Waals surface area (Å²) in [5.74, 6) is 1.63. The lowest BCUT2D eigenvalue weighted by atomic mass is 9.91. The molecule has 0 amide bonds. The Morgan fingerprint density at radius 1 is 1.33 bits per heavy atom. The highest BCUT2D eigenvalue weighted by Crippen LogP contribution is 2.47. The largest absolute Gasteiger partial charge is 0.497 e. The number of benzene rings is 1. The summed E-state index contributed by atoms with van der Waals surface area (Å²) in [6.07, 6.45) is 0.748. The number of aliphatic hydroxyl groups excluding tert-OH is 1. The third kappa shape index (κ3) is 1.53. The fraction of sp³-hybridized carbons (Fsp3) is 0.538. The highest BCUT2D eigenvalue weighted by atomic mass is 16.5. The average Bonchev–Trinajstić information content (AvgIpc) is 2.51. The fourth-order valence-electron chi connectivity index (χ4n) is 2.65. The maximum atomic E-state index is 10.1. The van der Waals surface area contributed by atoms with Gasteiger partial charge in [0, 0.05) is 0 Å². The van der Waals surface area contributed by atoms with Crippen LogP contribution in [0.1, 0.15) is 43.4 Å². The van der Waals surface area contributed by atoms with Crippen molar-refractivity contribution >= 4 is 0 Å². The molecule has 1 aromatic carbocycles. The summed E-state index contributed by atoms with van der Waals surface area (Å²) in [6.45, 7) is 4.29. The number of hydrogen-bond donors (Lipinski definition) is 1. The Balaban J connectivity index is 2.45. The van der Waals surface area contributed by atoms with E-state index in [0.717, 1.165) is 17.7 Å². The molecule has 15 heavy (non-hydrogen) atoms. The predicted molar refractivity (Wildman–Crippen MR) is 60.1 cm³/mol. The molecule has 0 bridgehead atoms. The lowest BCUT2D eigenvalue weighted by molar-refractivity contribution is 0.120. The molecule has 1 aliphatic carbocycles. The van der Waals surface area contributed by atoms with Gasteiger partial charge in [0.1, 0.15) is 5.75 Å². The van der Waals surface area contributed by atoms with E-state index in [0.29, 0.717) is 11.8 Å². The predicted octanol–water partition coefficient (Wildman–Crippen LogP) is 2.87. The molecule has 0 radical (unpaired) electrons. The van der Waals surface area contributed by atoms with Gasteiger partial charge in [0.25, 0.3) is 0 Å². The van der Waals surface area contributed by atoms with Crippen LogP contribution in [-0.2, 0) is 0 Å². The quantitative estimate of drug-likeness (QED) is 0.806. The molecule has 2 rings (SSSR count). The van der Waals surface area contributed by atoms with E-state index in [1.807, 2.05) is 12.1 Å². The smallest absolute Gasteiger partial charge is 0.119 e. The molecule has 0 spiro atoms. The van der Waals surface area contributed by atoms with Gasteiger partial charge < -0.3 is 9.84 Å². The summed E-state index contributed by atoms with van der Waals surface area (Å²) in [4.78, 5) is 0. The second-order valence-corrected chi connectivity index (χ2v) is 4.31. The summed E-state index contributed by atoms with van der Waals surface area (Å²) in [5.41, 5.74) is 2.34. The number of aliphatic hydroxyl groups is 1. The zero-order valence-corrected chi connectivity index (χ0v) is 9.53. The van der Waals surface area contributed by atoms with Gasteiger partial charge in [0.15, 0.2) is 0 Å². The van der Waals surface area contributed by atoms with Crippen LogP contribution in [0.5, 0.6) is 5.75 Å². The van der Waals surface area contributed by atoms with E-state index in [4.69, 9.17) is 4.74 Å². The second-order valence-electron chi connectivity index (χ2n) is 4.31. The maximum Gasteiger partial charge on any atom is 0.119 e. The van der Waals surface area contributed by atoms with Crippen molar-refractivity contribution in [3.05, 3.63) is 29.3 Å². The number of ether oxygens (including phenoxy) is 1. The van der Waals surface area contributed by atoms with E-state index in [1.54, 1.807) is 7.11 Å². The van der Waals surface area contributed by atoms with Crippen LogP contribution in [0.4, 0.5) is 0 Å². The van der Waals surface area contributed by atoms with Crippen molar-refractivity contribution in [1.82, 2.24) is 0 Å². The highest BCUT2D eigenvalue weighted by Gasteiger charge is 2.35. The van der Waals surface area contributed by atoms with E-state index in [-0.39, 0.29) is 6.10 Å². The Kier molecular flexibility index (Phi) is 2.70. The molecular weight excluding hydrogens is 188 g/mol. The van der Waals surface area contributed by atoms with E-state index >= 15 is 0 Å². The van der Waals surface area contributed by atoms with Crippen LogP contribution in [0.15, 0.2) is 18.2 Å². The van der Waals surface area contributed by atoms with Gasteiger partial charge in [-0.15, -0.1) is 0 Å². The lowest BCUT2D eigenvalue weighted by Gasteiger charge is -2.15. The van der Waals surface area contributed by atoms with Crippen LogP contribution < -0.4 is 4.74 Å². The van der Waals surface area contributed by atoms with Crippen LogP contribution >= 0.6 is 0 Å². The third-order valence-electron chi connectivity index (χ3n) is 3.58. The fourth-order valence-corrected chi connectivity index (χ4v) is 2.65. The Morgan fingerprint density at radius 2 is 2.07 bits per heavy atom. The molecule has 0 saturated carbocycles. The first kappa shape index (κ1) is 10.5. The number of hydrogen-bond acceptors (Lipinski definition) is 2. The Labute approximate surface area is 90.9 Å². The molecule has 3 atom stereocenters. The molecule has 3 unspecified atom stereocenters. The third-order valence-corrected chi connectivity index (χ3v) is 3.58. The summed E-state index contributed by atoms with van der Waals surface area (Å²) in [7, 11) is 1.66. The van der Waals surface area contributed by atoms with Crippen molar-refractivity contribution in [1.29, 1.82) is 0 Å². The highest BCUT2D eigenvalue weighted by molar-refractivity contribution is 5.43. The monoisotopic (exact) mass is 206 g/mol. The number of methoxy groups -OCH3 is 1. The first-order valence-electron chi connectivity index (χ1n) is 5.55. The van der Waals surface area contributed by atoms with E-state index < -0.39 is 0 Å². The minimum Gasteiger partial charge on any atom is -0.497 e. The lowest BCUT2D eigenvalue weighted by Crippen LogP contribution is -2.06. The van der Waals surface area contributed by atoms with Gasteiger partial charge in [-0.1, -0.05) is 19.9 Å². The molecule has 0 saturated heterocycles. The molecule has 0 heterocycles. The van der Waals surface area contributed by atoms with Gasteiger partial charge in [-0.2, -0.15) is 0 Å². The second kappa shape index (κ2) is 3.86. The zero-order valence-electron chi connectivity index (χ0n) is 9.53. The molecule has 82 valence electrons. The summed E-state index contributed by atoms with van der Waals surface area (Å²) >= 11 is 0. The molecule has 0 fully saturated rings. The van der Waals surface area contributed by atoms with E-state index in [1.165, 1.54) is 5.56 Å². The van der Waals surface area contributed by atoms with Gasteiger partial charge in [-0.3, -0.25) is 0 Å². The summed E-state index contributed by atoms with van der Waals surface area (Å²) in [5, 5.41) is 10.1. The van der Waals surface area contributed by atoms with Crippen molar-refractivity contribution in [3.8, 4) is 5.75 Å². The molecule has 1 N–H and O–H groups in total. The average molecular weight is 206 g/mol. The molecule has 1 aromatic rings. The van der Waals surface area contributed by atoms with Crippen LogP contribution in [0.3, 0.4) is 0 Å². The van der Waals surface area contributed by atoms with Crippen molar-refractivity contribution < 1.29 is 9.84 Å². The topological polar surface area (TPSA) is 29.5 Å². The summed E-state index contributed by atoms with van der Waals surface area (Å²) in [6, 6.07) is 6.04. The number of fused-ring (bicyclic) bond motifs is 1. The molecule has 2 heteroatoms. The van der Waals surface area contributed by atoms with Crippen LogP contribution in [0.25, 0.3) is 0 Å². The Morgan fingerprint density at radius 3 is 2.67 bits per heavy atom. The van der Waals surface area contributed by atoms with Crippen LogP contribution in [-0.4, -0.2) is 12.2 Å². The van der Waals surface area contributed by atoms with Crippen molar-refractivity contribution in [2.24, 2.45) is 5.92 Å². The molecule has 2 nitrogen and oxygen atoms in total. The number of rotatable bonds is 2. The molecule has 0 aliphatic heterocycles. The normalized spacial score (nSPS) is 28.9. The van der Waals surface area contributed by atoms with Gasteiger partial charge in [0.2, 0.25) is 0 Å². The van der Waals surface area contributed by atoms with E-state index in [9.17, 15) is 5.11 Å². The van der Waals surface area contributed by atoms with Gasteiger partial charge >= 0.3 is 0 Å². The van der Waals surface area contributed by atoms with Crippen molar-refractivity contribution in [2.75, 3.05) is 7.11 Å². The Bertz CT molecular complexity index is 360. The van der Waals surface area contributed by atoms with Crippen LogP contribution in [0, 0.1) is 5.92 Å². The summed E-state index contributed by atoms with van der Waals surface area (Å²) < 4.78 is 5.18. The van der Waals surface area contributed by atoms with Gasteiger partial charge in [-0.05, 0) is 41.5 Å². The minimum absolute atomic E-state index is 0.317. The Hall–Kier alpha value is -1.02.